The minimum atomic E-state index is -1.05. The Balaban J connectivity index is 2.25. The summed E-state index contributed by atoms with van der Waals surface area (Å²) in [5, 5.41) is 12.4. The molecule has 0 aliphatic carbocycles. The molecule has 2 rings (SSSR count). The van der Waals surface area contributed by atoms with Gasteiger partial charge in [-0.05, 0) is 25.0 Å². The number of amides is 1. The van der Waals surface area contributed by atoms with Gasteiger partial charge in [0.05, 0.1) is 11.1 Å². The number of rotatable bonds is 6. The molecule has 0 aliphatic rings. The van der Waals surface area contributed by atoms with Crippen molar-refractivity contribution >= 4 is 22.8 Å². The number of pyridine rings is 1. The van der Waals surface area contributed by atoms with Crippen LogP contribution in [0.2, 0.25) is 0 Å². The molecule has 0 unspecified atom stereocenters. The molecule has 0 spiro atoms. The van der Waals surface area contributed by atoms with Gasteiger partial charge in [0.25, 0.3) is 5.91 Å². The maximum absolute atomic E-state index is 12.3. The van der Waals surface area contributed by atoms with Gasteiger partial charge in [-0.3, -0.25) is 9.78 Å². The summed E-state index contributed by atoms with van der Waals surface area (Å²) in [6.45, 7) is 3.56. The first-order chi connectivity index (χ1) is 10.1. The fraction of sp³-hybridized carbons (Fsp3) is 0.188. The van der Waals surface area contributed by atoms with E-state index in [-0.39, 0.29) is 0 Å². The van der Waals surface area contributed by atoms with Crippen molar-refractivity contribution in [1.29, 1.82) is 0 Å². The van der Waals surface area contributed by atoms with Gasteiger partial charge >= 0.3 is 5.97 Å². The molecule has 1 atom stereocenters. The van der Waals surface area contributed by atoms with Crippen molar-refractivity contribution in [1.82, 2.24) is 10.3 Å². The van der Waals surface area contributed by atoms with Gasteiger partial charge in [-0.2, -0.15) is 0 Å². The van der Waals surface area contributed by atoms with Crippen molar-refractivity contribution in [2.24, 2.45) is 0 Å². The lowest BCUT2D eigenvalue weighted by Gasteiger charge is -2.14. The highest BCUT2D eigenvalue weighted by Gasteiger charge is 2.20. The molecule has 0 radical (unpaired) electrons. The number of nitrogens with zero attached hydrogens (tertiary/aromatic N) is 1. The minimum absolute atomic E-state index is 0.313. The van der Waals surface area contributed by atoms with Crippen molar-refractivity contribution in [2.45, 2.75) is 18.9 Å². The number of aliphatic carboxylic acids is 1. The summed E-state index contributed by atoms with van der Waals surface area (Å²) in [4.78, 5) is 27.7. The first-order valence-electron chi connectivity index (χ1n) is 6.62. The SMILES string of the molecule is C=CCC[C@@H](NC(=O)c1ccnc2ccccc12)C(=O)O. The quantitative estimate of drug-likeness (QED) is 0.798. The highest BCUT2D eigenvalue weighted by Crippen LogP contribution is 2.16. The number of hydrogen-bond acceptors (Lipinski definition) is 3. The number of carboxylic acids is 1. The Hall–Kier alpha value is -2.69. The average molecular weight is 284 g/mol. The van der Waals surface area contributed by atoms with Gasteiger partial charge in [0.2, 0.25) is 0 Å². The number of para-hydroxylation sites is 1. The normalized spacial score (nSPS) is 11.8. The molecule has 5 nitrogen and oxygen atoms in total. The molecule has 0 saturated heterocycles. The zero-order valence-electron chi connectivity index (χ0n) is 11.5. The van der Waals surface area contributed by atoms with Gasteiger partial charge in [-0.15, -0.1) is 6.58 Å². The maximum atomic E-state index is 12.3. The summed E-state index contributed by atoms with van der Waals surface area (Å²) < 4.78 is 0. The minimum Gasteiger partial charge on any atom is -0.480 e. The van der Waals surface area contributed by atoms with Crippen molar-refractivity contribution in [2.75, 3.05) is 0 Å². The van der Waals surface area contributed by atoms with Crippen LogP contribution in [0.5, 0.6) is 0 Å². The van der Waals surface area contributed by atoms with E-state index in [1.54, 1.807) is 24.3 Å². The molecule has 0 fully saturated rings. The van der Waals surface area contributed by atoms with E-state index in [2.05, 4.69) is 16.9 Å². The maximum Gasteiger partial charge on any atom is 0.326 e. The molecule has 2 N–H and O–H groups in total. The number of nitrogens with one attached hydrogen (secondary N) is 1. The summed E-state index contributed by atoms with van der Waals surface area (Å²) >= 11 is 0. The van der Waals surface area contributed by atoms with Crippen molar-refractivity contribution in [3.8, 4) is 0 Å². The van der Waals surface area contributed by atoms with Gasteiger partial charge in [-0.25, -0.2) is 4.79 Å². The number of carboxylic acid groups (broad SMARTS) is 1. The molecule has 21 heavy (non-hydrogen) atoms. The standard InChI is InChI=1S/C16H16N2O3/c1-2-3-7-14(16(20)21)18-15(19)12-9-10-17-13-8-5-4-6-11(12)13/h2,4-6,8-10,14H,1,3,7H2,(H,18,19)(H,20,21)/t14-/m1/s1. The van der Waals surface area contributed by atoms with Crippen LogP contribution >= 0.6 is 0 Å². The Morgan fingerprint density at radius 3 is 2.81 bits per heavy atom. The van der Waals surface area contributed by atoms with Gasteiger partial charge in [0, 0.05) is 11.6 Å². The van der Waals surface area contributed by atoms with Crippen LogP contribution in [0.25, 0.3) is 10.9 Å². The molecule has 0 bridgehead atoms. The Bertz CT molecular complexity index is 677. The van der Waals surface area contributed by atoms with E-state index in [4.69, 9.17) is 5.11 Å². The smallest absolute Gasteiger partial charge is 0.326 e. The first kappa shape index (κ1) is 14.7. The first-order valence-corrected chi connectivity index (χ1v) is 6.62. The highest BCUT2D eigenvalue weighted by molar-refractivity contribution is 6.06. The lowest BCUT2D eigenvalue weighted by atomic mass is 10.1. The number of allylic oxidation sites excluding steroid dienone is 1. The number of carbonyl (C=O) groups is 2. The Labute approximate surface area is 122 Å². The summed E-state index contributed by atoms with van der Waals surface area (Å²) in [6.07, 6.45) is 4.00. The van der Waals surface area contributed by atoms with E-state index >= 15 is 0 Å². The second kappa shape index (κ2) is 6.65. The zero-order valence-corrected chi connectivity index (χ0v) is 11.5. The van der Waals surface area contributed by atoms with Crippen LogP contribution in [-0.4, -0.2) is 28.0 Å². The molecule has 1 amide bonds. The van der Waals surface area contributed by atoms with E-state index < -0.39 is 17.9 Å². The predicted octanol–water partition coefficient (Wildman–Crippen LogP) is 2.38. The molecule has 0 saturated carbocycles. The monoisotopic (exact) mass is 284 g/mol. The number of carbonyl (C=O) groups excluding carboxylic acids is 1. The van der Waals surface area contributed by atoms with Crippen LogP contribution in [0.4, 0.5) is 0 Å². The third-order valence-corrected chi connectivity index (χ3v) is 3.16. The Morgan fingerprint density at radius 1 is 1.33 bits per heavy atom. The number of aromatic nitrogens is 1. The summed E-state index contributed by atoms with van der Waals surface area (Å²) in [5.41, 5.74) is 1.12. The molecule has 5 heteroatoms. The van der Waals surface area contributed by atoms with E-state index in [0.29, 0.717) is 29.3 Å². The van der Waals surface area contributed by atoms with Crippen LogP contribution < -0.4 is 5.32 Å². The van der Waals surface area contributed by atoms with E-state index in [9.17, 15) is 9.59 Å². The molecule has 108 valence electrons. The van der Waals surface area contributed by atoms with E-state index in [0.717, 1.165) is 0 Å². The fourth-order valence-electron chi connectivity index (χ4n) is 2.07. The molecule has 1 aromatic carbocycles. The largest absolute Gasteiger partial charge is 0.480 e. The number of hydrogen-bond donors (Lipinski definition) is 2. The summed E-state index contributed by atoms with van der Waals surface area (Å²) in [7, 11) is 0. The molecular formula is C16H16N2O3. The molecule has 0 aliphatic heterocycles. The van der Waals surface area contributed by atoms with E-state index in [1.807, 2.05) is 12.1 Å². The fourth-order valence-corrected chi connectivity index (χ4v) is 2.07. The highest BCUT2D eigenvalue weighted by atomic mass is 16.4. The Morgan fingerprint density at radius 2 is 2.10 bits per heavy atom. The lowest BCUT2D eigenvalue weighted by molar-refractivity contribution is -0.139. The zero-order chi connectivity index (χ0) is 15.2. The molecular weight excluding hydrogens is 268 g/mol. The van der Waals surface area contributed by atoms with E-state index in [1.165, 1.54) is 6.20 Å². The van der Waals surface area contributed by atoms with Crippen molar-refractivity contribution < 1.29 is 14.7 Å². The van der Waals surface area contributed by atoms with Crippen LogP contribution in [0.15, 0.2) is 49.2 Å². The Kier molecular flexibility index (Phi) is 4.66. The number of fused-ring (bicyclic) bond motifs is 1. The summed E-state index contributed by atoms with van der Waals surface area (Å²) in [6, 6.07) is 7.90. The summed E-state index contributed by atoms with van der Waals surface area (Å²) in [5.74, 6) is -1.46. The van der Waals surface area contributed by atoms with Crippen LogP contribution in [-0.2, 0) is 4.79 Å². The second-order valence-corrected chi connectivity index (χ2v) is 4.61. The molecule has 1 heterocycles. The third-order valence-electron chi connectivity index (χ3n) is 3.16. The molecule has 1 aromatic heterocycles. The molecule has 2 aromatic rings. The number of benzene rings is 1. The van der Waals surface area contributed by atoms with Crippen LogP contribution in [0, 0.1) is 0 Å². The third kappa shape index (κ3) is 3.45. The average Bonchev–Trinajstić information content (AvgIpc) is 2.50. The van der Waals surface area contributed by atoms with Crippen LogP contribution in [0.1, 0.15) is 23.2 Å². The van der Waals surface area contributed by atoms with Gasteiger partial charge in [-0.1, -0.05) is 24.3 Å². The topological polar surface area (TPSA) is 79.3 Å². The second-order valence-electron chi connectivity index (χ2n) is 4.61. The van der Waals surface area contributed by atoms with Gasteiger partial charge in [0.15, 0.2) is 0 Å². The predicted molar refractivity (Wildman–Crippen MR) is 80.1 cm³/mol. The van der Waals surface area contributed by atoms with Gasteiger partial charge < -0.3 is 10.4 Å². The van der Waals surface area contributed by atoms with Crippen molar-refractivity contribution in [3.63, 3.8) is 0 Å². The van der Waals surface area contributed by atoms with Gasteiger partial charge in [0.1, 0.15) is 6.04 Å². The van der Waals surface area contributed by atoms with Crippen molar-refractivity contribution in [3.05, 3.63) is 54.7 Å². The lowest BCUT2D eigenvalue weighted by Crippen LogP contribution is -2.40. The van der Waals surface area contributed by atoms with Crippen LogP contribution in [0.3, 0.4) is 0 Å².